The van der Waals surface area contributed by atoms with Crippen molar-refractivity contribution in [3.8, 4) is 0 Å². The first-order valence-electron chi connectivity index (χ1n) is 6.07. The minimum Gasteiger partial charge on any atom is -0.382 e. The Balaban J connectivity index is 1.86. The maximum Gasteiger partial charge on any atom is 0.147 e. The molecular formula is C13H19NO2S. The maximum absolute atomic E-state index is 11.1. The number of para-hydroxylation sites is 1. The quantitative estimate of drug-likeness (QED) is 0.895. The van der Waals surface area contributed by atoms with Crippen molar-refractivity contribution in [2.45, 2.75) is 31.7 Å². The molecule has 4 heteroatoms. The van der Waals surface area contributed by atoms with Crippen molar-refractivity contribution < 1.29 is 8.42 Å². The fourth-order valence-corrected chi connectivity index (χ4v) is 3.00. The summed E-state index contributed by atoms with van der Waals surface area (Å²) >= 11 is 0. The Kier molecular flexibility index (Phi) is 3.72. The van der Waals surface area contributed by atoms with E-state index in [0.29, 0.717) is 11.8 Å². The van der Waals surface area contributed by atoms with Crippen LogP contribution in [0.5, 0.6) is 0 Å². The van der Waals surface area contributed by atoms with Crippen molar-refractivity contribution in [3.63, 3.8) is 0 Å². The molecule has 1 aromatic rings. The third-order valence-corrected chi connectivity index (χ3v) is 4.24. The van der Waals surface area contributed by atoms with Crippen LogP contribution >= 0.6 is 0 Å². The van der Waals surface area contributed by atoms with Crippen molar-refractivity contribution in [2.75, 3.05) is 17.3 Å². The summed E-state index contributed by atoms with van der Waals surface area (Å²) in [5.74, 6) is 0.298. The van der Waals surface area contributed by atoms with E-state index < -0.39 is 9.84 Å². The van der Waals surface area contributed by atoms with Crippen LogP contribution in [0.15, 0.2) is 24.3 Å². The maximum atomic E-state index is 11.1. The van der Waals surface area contributed by atoms with Crippen LogP contribution in [-0.4, -0.2) is 26.5 Å². The van der Waals surface area contributed by atoms with E-state index in [1.54, 1.807) is 0 Å². The molecule has 17 heavy (non-hydrogen) atoms. The fraction of sp³-hybridized carbons (Fsp3) is 0.538. The predicted molar refractivity (Wildman–Crippen MR) is 71.1 cm³/mol. The van der Waals surface area contributed by atoms with E-state index in [4.69, 9.17) is 0 Å². The highest BCUT2D eigenvalue weighted by molar-refractivity contribution is 7.90. The van der Waals surface area contributed by atoms with Gasteiger partial charge in [-0.3, -0.25) is 0 Å². The molecule has 0 radical (unpaired) electrons. The lowest BCUT2D eigenvalue weighted by Gasteiger charge is -2.26. The minimum absolute atomic E-state index is 0.298. The number of aryl methyl sites for hydroxylation is 1. The Bertz CT molecular complexity index is 482. The minimum atomic E-state index is -2.81. The number of rotatable bonds is 4. The number of anilines is 1. The second kappa shape index (κ2) is 5.08. The monoisotopic (exact) mass is 253 g/mol. The number of benzene rings is 1. The summed E-state index contributed by atoms with van der Waals surface area (Å²) in [6.45, 7) is 0. The number of sulfone groups is 1. The van der Waals surface area contributed by atoms with E-state index in [0.717, 1.165) is 25.7 Å². The molecule has 0 saturated carbocycles. The molecule has 1 unspecified atom stereocenters. The number of hydrogen-bond donors (Lipinski definition) is 1. The summed E-state index contributed by atoms with van der Waals surface area (Å²) in [4.78, 5) is 0. The molecule has 3 nitrogen and oxygen atoms in total. The van der Waals surface area contributed by atoms with Crippen LogP contribution < -0.4 is 5.32 Å². The highest BCUT2D eigenvalue weighted by atomic mass is 32.2. The van der Waals surface area contributed by atoms with E-state index in [9.17, 15) is 8.42 Å². The SMILES string of the molecule is CS(=O)(=O)CCCC1CCc2ccccc2N1. The molecule has 1 aliphatic heterocycles. The summed E-state index contributed by atoms with van der Waals surface area (Å²) in [6, 6.07) is 8.76. The Morgan fingerprint density at radius 1 is 1.35 bits per heavy atom. The zero-order valence-corrected chi connectivity index (χ0v) is 11.0. The van der Waals surface area contributed by atoms with Gasteiger partial charge in [0.2, 0.25) is 0 Å². The molecule has 1 heterocycles. The molecule has 1 N–H and O–H groups in total. The first kappa shape index (κ1) is 12.4. The van der Waals surface area contributed by atoms with Crippen LogP contribution in [-0.2, 0) is 16.3 Å². The lowest BCUT2D eigenvalue weighted by atomic mass is 9.96. The van der Waals surface area contributed by atoms with E-state index in [-0.39, 0.29) is 0 Å². The van der Waals surface area contributed by atoms with E-state index >= 15 is 0 Å². The van der Waals surface area contributed by atoms with E-state index in [2.05, 4.69) is 23.5 Å². The van der Waals surface area contributed by atoms with Gasteiger partial charge >= 0.3 is 0 Å². The highest BCUT2D eigenvalue weighted by Crippen LogP contribution is 2.25. The van der Waals surface area contributed by atoms with Gasteiger partial charge in [0.1, 0.15) is 9.84 Å². The molecule has 0 bridgehead atoms. The van der Waals surface area contributed by atoms with Gasteiger partial charge in [0, 0.05) is 23.7 Å². The molecule has 0 spiro atoms. The van der Waals surface area contributed by atoms with Gasteiger partial charge in [-0.25, -0.2) is 8.42 Å². The average molecular weight is 253 g/mol. The molecule has 0 fully saturated rings. The molecule has 1 aromatic carbocycles. The lowest BCUT2D eigenvalue weighted by Crippen LogP contribution is -2.25. The number of nitrogens with one attached hydrogen (secondary N) is 1. The molecule has 0 amide bonds. The molecule has 0 aromatic heterocycles. The van der Waals surface area contributed by atoms with Gasteiger partial charge in [-0.1, -0.05) is 18.2 Å². The number of hydrogen-bond acceptors (Lipinski definition) is 3. The van der Waals surface area contributed by atoms with Crippen molar-refractivity contribution in [1.82, 2.24) is 0 Å². The van der Waals surface area contributed by atoms with Gasteiger partial charge in [-0.05, 0) is 37.3 Å². The first-order chi connectivity index (χ1) is 8.04. The predicted octanol–water partition coefficient (Wildman–Crippen LogP) is 2.24. The average Bonchev–Trinajstić information content (AvgIpc) is 2.27. The molecule has 0 saturated heterocycles. The molecular weight excluding hydrogens is 234 g/mol. The van der Waals surface area contributed by atoms with E-state index in [1.165, 1.54) is 17.5 Å². The first-order valence-corrected chi connectivity index (χ1v) is 8.13. The third-order valence-electron chi connectivity index (χ3n) is 3.21. The van der Waals surface area contributed by atoms with E-state index in [1.807, 2.05) is 6.07 Å². The van der Waals surface area contributed by atoms with Crippen LogP contribution in [0.25, 0.3) is 0 Å². The smallest absolute Gasteiger partial charge is 0.147 e. The Morgan fingerprint density at radius 2 is 2.12 bits per heavy atom. The Labute approximate surface area is 103 Å². The summed E-state index contributed by atoms with van der Waals surface area (Å²) in [5.41, 5.74) is 2.58. The zero-order valence-electron chi connectivity index (χ0n) is 10.1. The molecule has 1 atom stereocenters. The Morgan fingerprint density at radius 3 is 2.88 bits per heavy atom. The van der Waals surface area contributed by atoms with Crippen LogP contribution in [0.2, 0.25) is 0 Å². The number of fused-ring (bicyclic) bond motifs is 1. The molecule has 0 aliphatic carbocycles. The second-order valence-electron chi connectivity index (χ2n) is 4.81. The van der Waals surface area contributed by atoms with Gasteiger partial charge in [0.25, 0.3) is 0 Å². The molecule has 1 aliphatic rings. The van der Waals surface area contributed by atoms with Gasteiger partial charge in [-0.2, -0.15) is 0 Å². The van der Waals surface area contributed by atoms with Crippen molar-refractivity contribution in [1.29, 1.82) is 0 Å². The largest absolute Gasteiger partial charge is 0.382 e. The molecule has 2 rings (SSSR count). The normalized spacial score (nSPS) is 19.5. The van der Waals surface area contributed by atoms with Crippen LogP contribution in [0.1, 0.15) is 24.8 Å². The summed E-state index contributed by atoms with van der Waals surface area (Å²) < 4.78 is 22.1. The van der Waals surface area contributed by atoms with Gasteiger partial charge in [0.15, 0.2) is 0 Å². The summed E-state index contributed by atoms with van der Waals surface area (Å²) in [6.07, 6.45) is 5.17. The van der Waals surface area contributed by atoms with Crippen molar-refractivity contribution in [3.05, 3.63) is 29.8 Å². The fourth-order valence-electron chi connectivity index (χ4n) is 2.31. The molecule has 94 valence electrons. The van der Waals surface area contributed by atoms with Crippen molar-refractivity contribution >= 4 is 15.5 Å². The van der Waals surface area contributed by atoms with Gasteiger partial charge in [0.05, 0.1) is 0 Å². The second-order valence-corrected chi connectivity index (χ2v) is 7.07. The highest BCUT2D eigenvalue weighted by Gasteiger charge is 2.17. The lowest BCUT2D eigenvalue weighted by molar-refractivity contribution is 0.566. The topological polar surface area (TPSA) is 46.2 Å². The summed E-state index contributed by atoms with van der Waals surface area (Å²) in [7, 11) is -2.81. The van der Waals surface area contributed by atoms with Crippen molar-refractivity contribution in [2.24, 2.45) is 0 Å². The Hall–Kier alpha value is -1.03. The standard InChI is InChI=1S/C13H19NO2S/c1-17(15,16)10-4-6-12-9-8-11-5-2-3-7-13(11)14-12/h2-3,5,7,12,14H,4,6,8-10H2,1H3. The van der Waals surface area contributed by atoms with Gasteiger partial charge in [-0.15, -0.1) is 0 Å². The zero-order chi connectivity index (χ0) is 12.3. The van der Waals surface area contributed by atoms with Crippen LogP contribution in [0, 0.1) is 0 Å². The third kappa shape index (κ3) is 3.73. The summed E-state index contributed by atoms with van der Waals surface area (Å²) in [5, 5.41) is 3.49. The van der Waals surface area contributed by atoms with Crippen LogP contribution in [0.4, 0.5) is 5.69 Å². The van der Waals surface area contributed by atoms with Crippen LogP contribution in [0.3, 0.4) is 0 Å². The van der Waals surface area contributed by atoms with Gasteiger partial charge < -0.3 is 5.32 Å².